The average Bonchev–Trinajstić information content (AvgIpc) is 2.13. The van der Waals surface area contributed by atoms with Crippen molar-refractivity contribution in [3.05, 3.63) is 35.4 Å². The number of carbonyl (C=O) groups is 1. The molecule has 0 aliphatic heterocycles. The molecule has 2 heteroatoms. The average molecular weight is 175 g/mol. The molecule has 1 aromatic rings. The molecule has 68 valence electrons. The van der Waals surface area contributed by atoms with E-state index in [-0.39, 0.29) is 5.78 Å². The number of aryl methyl sites for hydroxylation is 1. The van der Waals surface area contributed by atoms with Crippen molar-refractivity contribution in [1.82, 2.24) is 0 Å². The first-order valence-electron chi connectivity index (χ1n) is 4.53. The molecule has 2 N–H and O–H groups in total. The fourth-order valence-electron chi connectivity index (χ4n) is 1.90. The van der Waals surface area contributed by atoms with Gasteiger partial charge >= 0.3 is 0 Å². The Labute approximate surface area is 77.8 Å². The second-order valence-electron chi connectivity index (χ2n) is 3.78. The smallest absolute Gasteiger partial charge is 0.157 e. The molecule has 1 unspecified atom stereocenters. The normalized spacial score (nSPS) is 27.1. The first-order chi connectivity index (χ1) is 6.12. The van der Waals surface area contributed by atoms with Gasteiger partial charge in [0.25, 0.3) is 0 Å². The Kier molecular flexibility index (Phi) is 1.74. The van der Waals surface area contributed by atoms with Gasteiger partial charge in [-0.15, -0.1) is 0 Å². The van der Waals surface area contributed by atoms with Gasteiger partial charge in [-0.1, -0.05) is 24.3 Å². The molecule has 0 radical (unpaired) electrons. The van der Waals surface area contributed by atoms with E-state index in [9.17, 15) is 4.79 Å². The minimum absolute atomic E-state index is 0.145. The molecule has 0 saturated carbocycles. The predicted molar refractivity (Wildman–Crippen MR) is 51.3 cm³/mol. The van der Waals surface area contributed by atoms with Gasteiger partial charge in [-0.05, 0) is 24.5 Å². The summed E-state index contributed by atoms with van der Waals surface area (Å²) < 4.78 is 0. The number of carbonyl (C=O) groups excluding carboxylic acids is 1. The van der Waals surface area contributed by atoms with Gasteiger partial charge in [0.05, 0.1) is 5.54 Å². The first-order valence-corrected chi connectivity index (χ1v) is 4.53. The summed E-state index contributed by atoms with van der Waals surface area (Å²) in [6, 6.07) is 7.92. The van der Waals surface area contributed by atoms with Crippen LogP contribution < -0.4 is 5.73 Å². The van der Waals surface area contributed by atoms with Crippen LogP contribution in [0.5, 0.6) is 0 Å². The van der Waals surface area contributed by atoms with Crippen LogP contribution in [0.2, 0.25) is 0 Å². The Morgan fingerprint density at radius 2 is 2.00 bits per heavy atom. The van der Waals surface area contributed by atoms with Crippen molar-refractivity contribution in [2.24, 2.45) is 5.73 Å². The van der Waals surface area contributed by atoms with Gasteiger partial charge in [0, 0.05) is 6.42 Å². The zero-order valence-electron chi connectivity index (χ0n) is 7.71. The summed E-state index contributed by atoms with van der Waals surface area (Å²) in [5.41, 5.74) is 7.42. The van der Waals surface area contributed by atoms with Crippen LogP contribution in [-0.2, 0) is 16.8 Å². The minimum atomic E-state index is -0.769. The fraction of sp³-hybridized carbons (Fsp3) is 0.364. The highest BCUT2D eigenvalue weighted by molar-refractivity contribution is 5.91. The Bertz CT molecular complexity index is 355. The summed E-state index contributed by atoms with van der Waals surface area (Å²) in [5, 5.41) is 0. The van der Waals surface area contributed by atoms with Crippen LogP contribution in [-0.4, -0.2) is 5.78 Å². The van der Waals surface area contributed by atoms with Crippen LogP contribution in [0.1, 0.15) is 24.5 Å². The molecule has 0 bridgehead atoms. The molecule has 0 amide bonds. The lowest BCUT2D eigenvalue weighted by molar-refractivity contribution is -0.124. The SMILES string of the molecule is CC1(N)C(=O)CCc2ccccc21. The number of nitrogens with two attached hydrogens (primary N) is 1. The molecule has 0 heterocycles. The lowest BCUT2D eigenvalue weighted by Crippen LogP contribution is -2.45. The summed E-state index contributed by atoms with van der Waals surface area (Å²) in [4.78, 5) is 11.6. The molecule has 1 aliphatic rings. The van der Waals surface area contributed by atoms with Crippen LogP contribution in [0.3, 0.4) is 0 Å². The maximum Gasteiger partial charge on any atom is 0.157 e. The summed E-state index contributed by atoms with van der Waals surface area (Å²) >= 11 is 0. The van der Waals surface area contributed by atoms with E-state index >= 15 is 0 Å². The van der Waals surface area contributed by atoms with E-state index in [0.717, 1.165) is 12.0 Å². The van der Waals surface area contributed by atoms with Gasteiger partial charge < -0.3 is 5.73 Å². The van der Waals surface area contributed by atoms with Crippen molar-refractivity contribution in [1.29, 1.82) is 0 Å². The summed E-state index contributed by atoms with van der Waals surface area (Å²) in [7, 11) is 0. The Morgan fingerprint density at radius 3 is 2.77 bits per heavy atom. The van der Waals surface area contributed by atoms with Gasteiger partial charge in [0.2, 0.25) is 0 Å². The topological polar surface area (TPSA) is 43.1 Å². The van der Waals surface area contributed by atoms with E-state index in [4.69, 9.17) is 5.73 Å². The van der Waals surface area contributed by atoms with Crippen LogP contribution in [0.4, 0.5) is 0 Å². The van der Waals surface area contributed by atoms with Crippen molar-refractivity contribution in [2.45, 2.75) is 25.3 Å². The van der Waals surface area contributed by atoms with Crippen molar-refractivity contribution in [3.8, 4) is 0 Å². The lowest BCUT2D eigenvalue weighted by Gasteiger charge is -2.30. The molecule has 0 spiro atoms. The van der Waals surface area contributed by atoms with Crippen molar-refractivity contribution in [3.63, 3.8) is 0 Å². The Hall–Kier alpha value is -1.15. The third-order valence-corrected chi connectivity index (χ3v) is 2.78. The molecule has 1 aromatic carbocycles. The summed E-state index contributed by atoms with van der Waals surface area (Å²) in [6.45, 7) is 1.80. The second kappa shape index (κ2) is 2.67. The van der Waals surface area contributed by atoms with Crippen molar-refractivity contribution >= 4 is 5.78 Å². The van der Waals surface area contributed by atoms with E-state index in [1.54, 1.807) is 6.92 Å². The molecule has 0 fully saturated rings. The number of ketones is 1. The lowest BCUT2D eigenvalue weighted by atomic mass is 9.78. The number of Topliss-reactive ketones (excluding diaryl/α,β-unsaturated/α-hetero) is 1. The second-order valence-corrected chi connectivity index (χ2v) is 3.78. The standard InChI is InChI=1S/C11H13NO/c1-11(12)9-5-3-2-4-8(9)6-7-10(11)13/h2-5H,6-7,12H2,1H3. The number of benzene rings is 1. The molecule has 1 atom stereocenters. The Balaban J connectivity index is 2.59. The first kappa shape index (κ1) is 8.45. The van der Waals surface area contributed by atoms with Crippen molar-refractivity contribution in [2.75, 3.05) is 0 Å². The third-order valence-electron chi connectivity index (χ3n) is 2.78. The maximum absolute atomic E-state index is 11.6. The Morgan fingerprint density at radius 1 is 1.31 bits per heavy atom. The molecule has 0 aromatic heterocycles. The van der Waals surface area contributed by atoms with Crippen molar-refractivity contribution < 1.29 is 4.79 Å². The number of hydrogen-bond acceptors (Lipinski definition) is 2. The highest BCUT2D eigenvalue weighted by Gasteiger charge is 2.35. The third kappa shape index (κ3) is 1.18. The quantitative estimate of drug-likeness (QED) is 0.647. The minimum Gasteiger partial charge on any atom is -0.315 e. The molecule has 1 aliphatic carbocycles. The van der Waals surface area contributed by atoms with Crippen LogP contribution >= 0.6 is 0 Å². The van der Waals surface area contributed by atoms with Gasteiger partial charge in [-0.3, -0.25) is 4.79 Å². The van der Waals surface area contributed by atoms with Gasteiger partial charge in [-0.25, -0.2) is 0 Å². The zero-order chi connectivity index (χ0) is 9.47. The number of rotatable bonds is 0. The monoisotopic (exact) mass is 175 g/mol. The summed E-state index contributed by atoms with van der Waals surface area (Å²) in [6.07, 6.45) is 1.41. The molecule has 13 heavy (non-hydrogen) atoms. The van der Waals surface area contributed by atoms with Gasteiger partial charge in [-0.2, -0.15) is 0 Å². The highest BCUT2D eigenvalue weighted by atomic mass is 16.1. The molecule has 0 saturated heterocycles. The van der Waals surface area contributed by atoms with Gasteiger partial charge in [0.15, 0.2) is 5.78 Å². The zero-order valence-corrected chi connectivity index (χ0v) is 7.71. The van der Waals surface area contributed by atoms with Crippen LogP contribution in [0.25, 0.3) is 0 Å². The van der Waals surface area contributed by atoms with E-state index in [0.29, 0.717) is 6.42 Å². The highest BCUT2D eigenvalue weighted by Crippen LogP contribution is 2.29. The largest absolute Gasteiger partial charge is 0.315 e. The molecule has 2 rings (SSSR count). The van der Waals surface area contributed by atoms with E-state index < -0.39 is 5.54 Å². The van der Waals surface area contributed by atoms with Crippen LogP contribution in [0.15, 0.2) is 24.3 Å². The summed E-state index contributed by atoms with van der Waals surface area (Å²) in [5.74, 6) is 0.145. The van der Waals surface area contributed by atoms with E-state index in [1.807, 2.05) is 24.3 Å². The maximum atomic E-state index is 11.6. The molecular formula is C11H13NO. The van der Waals surface area contributed by atoms with Crippen LogP contribution in [0, 0.1) is 0 Å². The fourth-order valence-corrected chi connectivity index (χ4v) is 1.90. The number of fused-ring (bicyclic) bond motifs is 1. The number of hydrogen-bond donors (Lipinski definition) is 1. The van der Waals surface area contributed by atoms with Gasteiger partial charge in [0.1, 0.15) is 0 Å². The van der Waals surface area contributed by atoms with E-state index in [2.05, 4.69) is 0 Å². The molecule has 2 nitrogen and oxygen atoms in total. The van der Waals surface area contributed by atoms with E-state index in [1.165, 1.54) is 5.56 Å². The molecular weight excluding hydrogens is 162 g/mol. The predicted octanol–water partition coefficient (Wildman–Crippen LogP) is 1.38.